The summed E-state index contributed by atoms with van der Waals surface area (Å²) in [5.74, 6) is -0.461. The lowest BCUT2D eigenvalue weighted by molar-refractivity contribution is -0.130. The summed E-state index contributed by atoms with van der Waals surface area (Å²) in [5, 5.41) is 0. The van der Waals surface area contributed by atoms with Crippen LogP contribution in [0, 0.1) is 0 Å². The third kappa shape index (κ3) is 2.54. The zero-order valence-corrected chi connectivity index (χ0v) is 16.2. The SMILES string of the molecule is COc1ccc(N2C(=O)[C@H](N3C(=O)c4ccccc4C3=O)[C@@H]2c2ccccc2)cc1. The fourth-order valence-electron chi connectivity index (χ4n) is 4.20. The van der Waals surface area contributed by atoms with Crippen molar-refractivity contribution in [1.29, 1.82) is 0 Å². The van der Waals surface area contributed by atoms with Crippen LogP contribution in [-0.4, -0.2) is 35.8 Å². The number of benzene rings is 3. The van der Waals surface area contributed by atoms with E-state index >= 15 is 0 Å². The van der Waals surface area contributed by atoms with Gasteiger partial charge in [0.25, 0.3) is 17.7 Å². The Bertz CT molecular complexity index is 1120. The van der Waals surface area contributed by atoms with Gasteiger partial charge in [-0.25, -0.2) is 0 Å². The standard InChI is InChI=1S/C24H18N2O4/c1-30-17-13-11-16(12-14-17)25-20(15-7-3-2-4-8-15)21(24(25)29)26-22(27)18-9-5-6-10-19(18)23(26)28/h2-14,20-21H,1H3/t20-,21+/m0/s1. The number of amides is 3. The molecule has 0 aliphatic carbocycles. The van der Waals surface area contributed by atoms with E-state index in [1.54, 1.807) is 60.5 Å². The molecule has 0 radical (unpaired) electrons. The molecule has 3 amide bonds. The third-order valence-corrected chi connectivity index (χ3v) is 5.66. The van der Waals surface area contributed by atoms with Crippen molar-refractivity contribution in [3.8, 4) is 5.75 Å². The van der Waals surface area contributed by atoms with E-state index in [0.29, 0.717) is 22.6 Å². The predicted molar refractivity (Wildman–Crippen MR) is 110 cm³/mol. The van der Waals surface area contributed by atoms with Crippen LogP contribution in [0.4, 0.5) is 5.69 Å². The first-order valence-corrected chi connectivity index (χ1v) is 9.61. The van der Waals surface area contributed by atoms with Crippen molar-refractivity contribution >= 4 is 23.4 Å². The van der Waals surface area contributed by atoms with Gasteiger partial charge >= 0.3 is 0 Å². The molecule has 3 aromatic rings. The van der Waals surface area contributed by atoms with Gasteiger partial charge in [0.1, 0.15) is 11.8 Å². The number of hydrogen-bond acceptors (Lipinski definition) is 4. The lowest BCUT2D eigenvalue weighted by Gasteiger charge is -2.49. The Labute approximate surface area is 173 Å². The summed E-state index contributed by atoms with van der Waals surface area (Å²) in [6, 6.07) is 21.9. The van der Waals surface area contributed by atoms with Gasteiger partial charge in [0, 0.05) is 5.69 Å². The Morgan fingerprint density at radius 2 is 1.23 bits per heavy atom. The molecule has 0 spiro atoms. The molecule has 2 atom stereocenters. The summed E-state index contributed by atoms with van der Waals surface area (Å²) >= 11 is 0. The molecule has 3 aromatic carbocycles. The summed E-state index contributed by atoms with van der Waals surface area (Å²) in [6.07, 6.45) is 0. The molecule has 0 unspecified atom stereocenters. The fourth-order valence-corrected chi connectivity index (χ4v) is 4.20. The molecule has 2 aliphatic rings. The first kappa shape index (κ1) is 18.1. The number of carbonyl (C=O) groups excluding carboxylic acids is 3. The van der Waals surface area contributed by atoms with Crippen molar-refractivity contribution < 1.29 is 19.1 Å². The Hall–Kier alpha value is -3.93. The Kier molecular flexibility index (Phi) is 4.13. The Balaban J connectivity index is 1.56. The molecule has 6 nitrogen and oxygen atoms in total. The van der Waals surface area contributed by atoms with Crippen molar-refractivity contribution in [2.24, 2.45) is 0 Å². The highest BCUT2D eigenvalue weighted by Gasteiger charge is 2.57. The molecule has 0 bridgehead atoms. The first-order valence-electron chi connectivity index (χ1n) is 9.61. The second kappa shape index (κ2) is 6.84. The number of fused-ring (bicyclic) bond motifs is 1. The number of ether oxygens (including phenoxy) is 1. The highest BCUT2D eigenvalue weighted by molar-refractivity contribution is 6.24. The molecule has 0 N–H and O–H groups in total. The number of carbonyl (C=O) groups is 3. The van der Waals surface area contributed by atoms with E-state index in [4.69, 9.17) is 4.74 Å². The van der Waals surface area contributed by atoms with Crippen molar-refractivity contribution in [1.82, 2.24) is 4.90 Å². The number of β-lactam (4-membered cyclic amide) rings is 1. The van der Waals surface area contributed by atoms with Crippen molar-refractivity contribution in [3.05, 3.63) is 95.6 Å². The van der Waals surface area contributed by atoms with Crippen LogP contribution in [0.15, 0.2) is 78.9 Å². The molecule has 0 aromatic heterocycles. The van der Waals surface area contributed by atoms with Crippen LogP contribution in [0.1, 0.15) is 32.3 Å². The molecule has 30 heavy (non-hydrogen) atoms. The predicted octanol–water partition coefficient (Wildman–Crippen LogP) is 3.45. The first-order chi connectivity index (χ1) is 14.6. The van der Waals surface area contributed by atoms with E-state index in [1.165, 1.54) is 0 Å². The molecule has 2 heterocycles. The summed E-state index contributed by atoms with van der Waals surface area (Å²) in [6.45, 7) is 0. The molecule has 148 valence electrons. The minimum Gasteiger partial charge on any atom is -0.497 e. The maximum absolute atomic E-state index is 13.3. The van der Waals surface area contributed by atoms with E-state index in [1.807, 2.05) is 30.3 Å². The molecule has 6 heteroatoms. The number of imide groups is 1. The van der Waals surface area contributed by atoms with Crippen LogP contribution < -0.4 is 9.64 Å². The molecule has 1 saturated heterocycles. The van der Waals surface area contributed by atoms with Gasteiger partial charge in [0.2, 0.25) is 0 Å². The van der Waals surface area contributed by atoms with Crippen LogP contribution in [0.25, 0.3) is 0 Å². The normalized spacial score (nSPS) is 20.2. The quantitative estimate of drug-likeness (QED) is 0.499. The maximum atomic E-state index is 13.3. The number of anilines is 1. The largest absolute Gasteiger partial charge is 0.497 e. The van der Waals surface area contributed by atoms with Crippen LogP contribution >= 0.6 is 0 Å². The highest BCUT2D eigenvalue weighted by Crippen LogP contribution is 2.44. The average Bonchev–Trinajstić information content (AvgIpc) is 3.04. The minimum absolute atomic E-state index is 0.288. The zero-order valence-electron chi connectivity index (χ0n) is 16.2. The second-order valence-corrected chi connectivity index (χ2v) is 7.23. The summed E-state index contributed by atoms with van der Waals surface area (Å²) in [5.41, 5.74) is 2.21. The van der Waals surface area contributed by atoms with E-state index in [0.717, 1.165) is 10.5 Å². The molecule has 2 aliphatic heterocycles. The van der Waals surface area contributed by atoms with Gasteiger partial charge in [-0.3, -0.25) is 19.3 Å². The van der Waals surface area contributed by atoms with E-state index in [-0.39, 0.29) is 5.91 Å². The number of methoxy groups -OCH3 is 1. The van der Waals surface area contributed by atoms with Crippen LogP contribution in [0.5, 0.6) is 5.75 Å². The molecule has 1 fully saturated rings. The summed E-state index contributed by atoms with van der Waals surface area (Å²) in [7, 11) is 1.58. The Morgan fingerprint density at radius 1 is 0.667 bits per heavy atom. The van der Waals surface area contributed by atoms with Gasteiger partial charge in [0.15, 0.2) is 0 Å². The van der Waals surface area contributed by atoms with Crippen LogP contribution in [-0.2, 0) is 4.79 Å². The summed E-state index contributed by atoms with van der Waals surface area (Å²) < 4.78 is 5.20. The highest BCUT2D eigenvalue weighted by atomic mass is 16.5. The molecule has 0 saturated carbocycles. The number of rotatable bonds is 4. The van der Waals surface area contributed by atoms with E-state index < -0.39 is 23.9 Å². The fraction of sp³-hybridized carbons (Fsp3) is 0.125. The number of hydrogen-bond donors (Lipinski definition) is 0. The molecule has 5 rings (SSSR count). The lowest BCUT2D eigenvalue weighted by atomic mass is 9.86. The second-order valence-electron chi connectivity index (χ2n) is 7.23. The summed E-state index contributed by atoms with van der Waals surface area (Å²) in [4.78, 5) is 42.0. The smallest absolute Gasteiger partial charge is 0.262 e. The monoisotopic (exact) mass is 398 g/mol. The average molecular weight is 398 g/mol. The third-order valence-electron chi connectivity index (χ3n) is 5.66. The van der Waals surface area contributed by atoms with Gasteiger partial charge in [0.05, 0.1) is 24.3 Å². The van der Waals surface area contributed by atoms with Crippen molar-refractivity contribution in [2.75, 3.05) is 12.0 Å². The van der Waals surface area contributed by atoms with E-state index in [9.17, 15) is 14.4 Å². The topological polar surface area (TPSA) is 66.9 Å². The Morgan fingerprint density at radius 3 is 1.80 bits per heavy atom. The van der Waals surface area contributed by atoms with Gasteiger partial charge < -0.3 is 9.64 Å². The minimum atomic E-state index is -0.887. The molecular weight excluding hydrogens is 380 g/mol. The van der Waals surface area contributed by atoms with Gasteiger partial charge in [-0.2, -0.15) is 0 Å². The van der Waals surface area contributed by atoms with Crippen molar-refractivity contribution in [2.45, 2.75) is 12.1 Å². The molecular formula is C24H18N2O4. The zero-order chi connectivity index (χ0) is 20.8. The van der Waals surface area contributed by atoms with E-state index in [2.05, 4.69) is 0 Å². The van der Waals surface area contributed by atoms with Crippen LogP contribution in [0.2, 0.25) is 0 Å². The maximum Gasteiger partial charge on any atom is 0.262 e. The van der Waals surface area contributed by atoms with Gasteiger partial charge in [-0.05, 0) is 42.0 Å². The van der Waals surface area contributed by atoms with Crippen LogP contribution in [0.3, 0.4) is 0 Å². The van der Waals surface area contributed by atoms with Gasteiger partial charge in [-0.15, -0.1) is 0 Å². The van der Waals surface area contributed by atoms with Gasteiger partial charge in [-0.1, -0.05) is 42.5 Å². The lowest BCUT2D eigenvalue weighted by Crippen LogP contribution is -2.67. The van der Waals surface area contributed by atoms with Crippen molar-refractivity contribution in [3.63, 3.8) is 0 Å². The number of nitrogens with zero attached hydrogens (tertiary/aromatic N) is 2.